The van der Waals surface area contributed by atoms with Crippen molar-refractivity contribution in [2.75, 3.05) is 6.61 Å². The van der Waals surface area contributed by atoms with Gasteiger partial charge in [0.15, 0.2) is 0 Å². The van der Waals surface area contributed by atoms with E-state index in [1.807, 2.05) is 41.5 Å². The van der Waals surface area contributed by atoms with E-state index in [1.54, 1.807) is 0 Å². The van der Waals surface area contributed by atoms with Gasteiger partial charge in [0, 0.05) is 16.2 Å². The number of oxime groups is 1. The van der Waals surface area contributed by atoms with Crippen LogP contribution in [0.25, 0.3) is 0 Å². The minimum Gasteiger partial charge on any atom is -0.396 e. The molecule has 1 aliphatic rings. The Balaban J connectivity index is 0.00000441. The third-order valence-corrected chi connectivity index (χ3v) is 8.80. The Bertz CT molecular complexity index is 555. The second-order valence-corrected chi connectivity index (χ2v) is 10.9. The maximum absolute atomic E-state index is 11.5. The molecule has 0 aliphatic heterocycles. The molecule has 124 valence electrons. The van der Waals surface area contributed by atoms with Gasteiger partial charge in [0.05, 0.1) is 10.5 Å². The van der Waals surface area contributed by atoms with Crippen LogP contribution >= 0.6 is 10.8 Å². The van der Waals surface area contributed by atoms with Gasteiger partial charge in [0.25, 0.3) is 0 Å². The molecule has 1 N–H and O–H groups in total. The van der Waals surface area contributed by atoms with Gasteiger partial charge in [-0.3, -0.25) is 4.55 Å². The Morgan fingerprint density at radius 1 is 1.09 bits per heavy atom. The number of nitrogens with zero attached hydrogens (tertiary/aromatic N) is 1. The molecule has 0 aromatic heterocycles. The fourth-order valence-corrected chi connectivity index (χ4v) is 6.63. The van der Waals surface area contributed by atoms with Gasteiger partial charge in [-0.05, 0) is 24.7 Å². The summed E-state index contributed by atoms with van der Waals surface area (Å²) in [6, 6.07) is 0. The van der Waals surface area contributed by atoms with Crippen LogP contribution in [0.15, 0.2) is 5.16 Å². The first kappa shape index (κ1) is 22.7. The van der Waals surface area contributed by atoms with Gasteiger partial charge in [0.1, 0.15) is 6.61 Å². The second-order valence-electron chi connectivity index (χ2n) is 7.28. The molecule has 1 atom stereocenters. The molecule has 8 heteroatoms. The van der Waals surface area contributed by atoms with Crippen molar-refractivity contribution in [3.05, 3.63) is 0 Å². The predicted octanol–water partition coefficient (Wildman–Crippen LogP) is 0.770. The second kappa shape index (κ2) is 6.56. The minimum atomic E-state index is -4.22. The third-order valence-electron chi connectivity index (χ3n) is 5.92. The van der Waals surface area contributed by atoms with Crippen LogP contribution in [-0.2, 0) is 14.0 Å². The molecule has 0 amide bonds. The normalized spacial score (nSPS) is 30.9. The molecule has 0 saturated heterocycles. The van der Waals surface area contributed by atoms with Gasteiger partial charge < -0.3 is 4.84 Å². The van der Waals surface area contributed by atoms with E-state index >= 15 is 0 Å². The Morgan fingerprint density at radius 2 is 1.55 bits per heavy atom. The van der Waals surface area contributed by atoms with Crippen molar-refractivity contribution in [3.63, 3.8) is 0 Å². The smallest absolute Gasteiger partial charge is 0.396 e. The molecule has 0 spiro atoms. The summed E-state index contributed by atoms with van der Waals surface area (Å²) >= 11 is 0. The van der Waals surface area contributed by atoms with Gasteiger partial charge in [-0.2, -0.15) is 8.42 Å². The van der Waals surface area contributed by atoms with Crippen molar-refractivity contribution in [2.24, 2.45) is 21.4 Å². The van der Waals surface area contributed by atoms with Crippen LogP contribution in [0, 0.1) is 16.2 Å². The fraction of sp³-hybridized carbons (Fsp3) is 0.929. The molecule has 0 aromatic carbocycles. The van der Waals surface area contributed by atoms with E-state index in [-0.39, 0.29) is 40.4 Å². The summed E-state index contributed by atoms with van der Waals surface area (Å²) in [7, 11) is -3.66. The van der Waals surface area contributed by atoms with E-state index in [0.29, 0.717) is 23.1 Å². The van der Waals surface area contributed by atoms with Gasteiger partial charge in [-0.1, -0.05) is 46.7 Å². The molecule has 1 aliphatic carbocycles. The van der Waals surface area contributed by atoms with E-state index in [9.17, 15) is 13.0 Å². The Kier molecular flexibility index (Phi) is 6.78. The molecule has 0 heterocycles. The molecular formula is C14H27NNaO4S2+. The summed E-state index contributed by atoms with van der Waals surface area (Å²) in [6.45, 7) is 16.4. The zero-order valence-electron chi connectivity index (χ0n) is 15.1. The van der Waals surface area contributed by atoms with Crippen LogP contribution in [0.3, 0.4) is 0 Å². The molecule has 0 radical (unpaired) electrons. The molecule has 1 unspecified atom stereocenters. The van der Waals surface area contributed by atoms with E-state index in [4.69, 9.17) is 4.84 Å². The molecule has 0 bridgehead atoms. The first-order chi connectivity index (χ1) is 9.15. The Morgan fingerprint density at radius 3 is 1.91 bits per heavy atom. The Labute approximate surface area is 160 Å². The van der Waals surface area contributed by atoms with Crippen molar-refractivity contribution >= 4 is 25.7 Å². The maximum atomic E-state index is 11.5. The van der Waals surface area contributed by atoms with E-state index in [1.165, 1.54) is 0 Å². The fourth-order valence-electron chi connectivity index (χ4n) is 3.25. The number of rotatable bonds is 4. The summed E-state index contributed by atoms with van der Waals surface area (Å²) in [6.07, 6.45) is 0. The van der Waals surface area contributed by atoms with E-state index in [0.717, 1.165) is 0 Å². The molecule has 0 aromatic rings. The molecule has 1 fully saturated rings. The topological polar surface area (TPSA) is 76.0 Å². The SMILES string of the molecule is CCO/N=C1\C(C)(C)C(C)(C)C(C)(C)C1(C)SS(=O)(=O)O.[Na+]. The molecule has 22 heavy (non-hydrogen) atoms. The zero-order valence-corrected chi connectivity index (χ0v) is 18.8. The monoisotopic (exact) mass is 360 g/mol. The summed E-state index contributed by atoms with van der Waals surface area (Å²) < 4.78 is 31.6. The number of hydrogen-bond donors (Lipinski definition) is 1. The van der Waals surface area contributed by atoms with E-state index in [2.05, 4.69) is 19.0 Å². The molecule has 5 nitrogen and oxygen atoms in total. The van der Waals surface area contributed by atoms with Crippen LogP contribution < -0.4 is 29.6 Å². The first-order valence-electron chi connectivity index (χ1n) is 7.04. The van der Waals surface area contributed by atoms with Gasteiger partial charge in [-0.15, -0.1) is 0 Å². The van der Waals surface area contributed by atoms with Crippen molar-refractivity contribution in [3.8, 4) is 0 Å². The van der Waals surface area contributed by atoms with Crippen molar-refractivity contribution in [2.45, 2.75) is 60.1 Å². The summed E-state index contributed by atoms with van der Waals surface area (Å²) in [5.74, 6) is 0. The predicted molar refractivity (Wildman–Crippen MR) is 87.9 cm³/mol. The average molecular weight is 360 g/mol. The van der Waals surface area contributed by atoms with Crippen LogP contribution in [0.2, 0.25) is 0 Å². The standard InChI is InChI=1S/C14H27NO4S2.Na/c1-9-19-15-10-11(2,3)12(4,5)13(6,7)14(10,8)20-21(16,17)18;/h9H2,1-8H3,(H,16,17,18);/q;+1/b15-10+;. The van der Waals surface area contributed by atoms with Gasteiger partial charge >= 0.3 is 38.7 Å². The molecular weight excluding hydrogens is 333 g/mol. The summed E-state index contributed by atoms with van der Waals surface area (Å²) in [4.78, 5) is 5.25. The molecule has 1 saturated carbocycles. The van der Waals surface area contributed by atoms with Crippen LogP contribution in [0.1, 0.15) is 55.4 Å². The average Bonchev–Trinajstić information content (AvgIpc) is 2.31. The van der Waals surface area contributed by atoms with E-state index < -0.39 is 19.3 Å². The van der Waals surface area contributed by atoms with Crippen LogP contribution in [0.5, 0.6) is 0 Å². The summed E-state index contributed by atoms with van der Waals surface area (Å²) in [5.41, 5.74) is -0.394. The minimum absolute atomic E-state index is 0. The number of hydrogen-bond acceptors (Lipinski definition) is 5. The van der Waals surface area contributed by atoms with Gasteiger partial charge in [-0.25, -0.2) is 0 Å². The quantitative estimate of drug-likeness (QED) is 0.347. The first-order valence-corrected chi connectivity index (χ1v) is 9.81. The van der Waals surface area contributed by atoms with Crippen molar-refractivity contribution in [1.82, 2.24) is 0 Å². The van der Waals surface area contributed by atoms with Crippen molar-refractivity contribution in [1.29, 1.82) is 0 Å². The largest absolute Gasteiger partial charge is 1.00 e. The zero-order chi connectivity index (χ0) is 16.9. The summed E-state index contributed by atoms with van der Waals surface area (Å²) in [5, 5.41) is 4.24. The molecule has 1 rings (SSSR count). The van der Waals surface area contributed by atoms with Gasteiger partial charge in [0.2, 0.25) is 0 Å². The maximum Gasteiger partial charge on any atom is 1.00 e. The van der Waals surface area contributed by atoms with Crippen LogP contribution in [0.4, 0.5) is 0 Å². The third kappa shape index (κ3) is 3.26. The Hall–Kier alpha value is 0.730. The van der Waals surface area contributed by atoms with Crippen molar-refractivity contribution < 1.29 is 47.4 Å². The van der Waals surface area contributed by atoms with Crippen LogP contribution in [-0.4, -0.2) is 30.0 Å².